The number of fused-ring (bicyclic) bond motifs is 6. The quantitative estimate of drug-likeness (QED) is 0.114. The number of para-hydroxylation sites is 4. The van der Waals surface area contributed by atoms with Crippen LogP contribution in [0.1, 0.15) is 55.6 Å². The molecule has 354 valence electrons. The lowest BCUT2D eigenvalue weighted by Gasteiger charge is -2.39. The van der Waals surface area contributed by atoms with Crippen molar-refractivity contribution in [1.29, 1.82) is 0 Å². The number of halogens is 3. The Kier molecular flexibility index (Phi) is 11.9. The van der Waals surface area contributed by atoms with E-state index < -0.39 is 17.5 Å². The number of benzene rings is 8. The summed E-state index contributed by atoms with van der Waals surface area (Å²) in [5.74, 6) is -3.70. The van der Waals surface area contributed by atoms with Crippen LogP contribution in [0.3, 0.4) is 0 Å². The van der Waals surface area contributed by atoms with Crippen LogP contribution in [0.25, 0.3) is 11.1 Å². The van der Waals surface area contributed by atoms with Gasteiger partial charge in [0.1, 0.15) is 0 Å². The van der Waals surface area contributed by atoms with Crippen molar-refractivity contribution in [2.75, 3.05) is 45.8 Å². The molecule has 4 aliphatic rings. The zero-order valence-electron chi connectivity index (χ0n) is 39.8. The zero-order valence-corrected chi connectivity index (χ0v) is 39.8. The van der Waals surface area contributed by atoms with Crippen LogP contribution in [0.15, 0.2) is 193 Å². The Balaban J connectivity index is 1.02. The number of aliphatic imine (C=N–C) groups is 1. The molecule has 9 heteroatoms. The van der Waals surface area contributed by atoms with Gasteiger partial charge in [0.15, 0.2) is 17.5 Å². The molecule has 0 radical (unpaired) electrons. The molecule has 0 bridgehead atoms. The molecule has 4 aliphatic heterocycles. The minimum Gasteiger partial charge on any atom is -0.337 e. The van der Waals surface area contributed by atoms with Crippen LogP contribution in [0, 0.1) is 17.5 Å². The molecule has 6 nitrogen and oxygen atoms in total. The van der Waals surface area contributed by atoms with E-state index in [1.54, 1.807) is 0 Å². The van der Waals surface area contributed by atoms with Gasteiger partial charge in [0, 0.05) is 107 Å². The van der Waals surface area contributed by atoms with E-state index in [1.807, 2.05) is 30.3 Å². The molecule has 0 amide bonds. The van der Waals surface area contributed by atoms with E-state index >= 15 is 8.78 Å². The molecular formula is C62H55F3N6. The van der Waals surface area contributed by atoms with Crippen LogP contribution in [-0.4, -0.2) is 49.4 Å². The van der Waals surface area contributed by atoms with Gasteiger partial charge in [0.05, 0.1) is 0 Å². The maximum Gasteiger partial charge on any atom is 0.194 e. The van der Waals surface area contributed by atoms with E-state index in [0.717, 1.165) is 114 Å². The highest BCUT2D eigenvalue weighted by Crippen LogP contribution is 2.54. The van der Waals surface area contributed by atoms with E-state index in [0.29, 0.717) is 12.1 Å². The minimum absolute atomic E-state index is 0.000139. The van der Waals surface area contributed by atoms with E-state index in [4.69, 9.17) is 4.99 Å². The molecule has 0 spiro atoms. The average molecular weight is 941 g/mol. The lowest BCUT2D eigenvalue weighted by molar-refractivity contribution is 0.194. The smallest absolute Gasteiger partial charge is 0.194 e. The number of anilines is 10. The Labute approximate surface area is 414 Å². The lowest BCUT2D eigenvalue weighted by atomic mass is 9.88. The molecule has 1 saturated heterocycles. The van der Waals surface area contributed by atoms with E-state index in [2.05, 4.69) is 183 Å². The van der Waals surface area contributed by atoms with Crippen molar-refractivity contribution >= 4 is 63.1 Å². The lowest BCUT2D eigenvalue weighted by Crippen LogP contribution is -2.45. The normalized spacial score (nSPS) is 19.0. The topological polar surface area (TPSA) is 28.6 Å². The number of piperidine rings is 1. The van der Waals surface area contributed by atoms with Crippen molar-refractivity contribution in [3.63, 3.8) is 0 Å². The Morgan fingerprint density at radius 2 is 1.01 bits per heavy atom. The second kappa shape index (κ2) is 18.9. The summed E-state index contributed by atoms with van der Waals surface area (Å²) in [6.07, 6.45) is 6.14. The Bertz CT molecular complexity index is 3120. The standard InChI is InChI=1S/C62H55F3N6/c1-2-3-31-67-32-29-61-55(41-67)53-39-49(69(46-20-12-6-13-21-46)47-22-14-7-15-23-47)25-27-59(53)71(61)51-34-42(43-35-56(63)62(65)57(64)36-43)33-50(37-51)70-58-26-24-48(38-52(58)54-40-66-30-28-60(54)70)68(44-16-8-4-9-17-44)45-18-10-5-11-19-45/h4-27,33-40,54-55,60-61H,2-3,28-32,41H2,1H3. The molecular weight excluding hydrogens is 886 g/mol. The molecule has 12 rings (SSSR count). The number of hydrogen-bond acceptors (Lipinski definition) is 6. The predicted molar refractivity (Wildman–Crippen MR) is 285 cm³/mol. The highest BCUT2D eigenvalue weighted by molar-refractivity contribution is 5.91. The van der Waals surface area contributed by atoms with Crippen molar-refractivity contribution in [2.24, 2.45) is 4.99 Å². The Morgan fingerprint density at radius 1 is 0.521 bits per heavy atom. The van der Waals surface area contributed by atoms with Crippen LogP contribution in [0.5, 0.6) is 0 Å². The van der Waals surface area contributed by atoms with Gasteiger partial charge in [-0.25, -0.2) is 13.2 Å². The summed E-state index contributed by atoms with van der Waals surface area (Å²) in [5, 5.41) is 0. The van der Waals surface area contributed by atoms with Crippen LogP contribution in [0.2, 0.25) is 0 Å². The van der Waals surface area contributed by atoms with Crippen molar-refractivity contribution < 1.29 is 13.2 Å². The maximum absolute atomic E-state index is 15.3. The third kappa shape index (κ3) is 8.22. The van der Waals surface area contributed by atoms with E-state index in [1.165, 1.54) is 11.1 Å². The second-order valence-corrected chi connectivity index (χ2v) is 19.3. The number of hydrogen-bond donors (Lipinski definition) is 0. The fourth-order valence-electron chi connectivity index (χ4n) is 11.8. The fraction of sp³-hybridized carbons (Fsp3) is 0.210. The molecule has 0 N–H and O–H groups in total. The summed E-state index contributed by atoms with van der Waals surface area (Å²) in [7, 11) is 0. The maximum atomic E-state index is 15.3. The van der Waals surface area contributed by atoms with Gasteiger partial charge in [-0.3, -0.25) is 4.99 Å². The van der Waals surface area contributed by atoms with E-state index in [-0.39, 0.29) is 29.5 Å². The van der Waals surface area contributed by atoms with Gasteiger partial charge in [-0.1, -0.05) is 86.1 Å². The summed E-state index contributed by atoms with van der Waals surface area (Å²) in [6.45, 7) is 5.87. The van der Waals surface area contributed by atoms with Crippen LogP contribution < -0.4 is 19.6 Å². The molecule has 4 heterocycles. The summed E-state index contributed by atoms with van der Waals surface area (Å²) >= 11 is 0. The third-order valence-corrected chi connectivity index (χ3v) is 15.0. The van der Waals surface area contributed by atoms with Crippen molar-refractivity contribution in [2.45, 2.75) is 56.5 Å². The molecule has 4 unspecified atom stereocenters. The summed E-state index contributed by atoms with van der Waals surface area (Å²) in [4.78, 5) is 17.0. The van der Waals surface area contributed by atoms with Gasteiger partial charge in [-0.05, 0) is 163 Å². The summed E-state index contributed by atoms with van der Waals surface area (Å²) in [5.41, 5.74) is 13.7. The van der Waals surface area contributed by atoms with Gasteiger partial charge in [0.2, 0.25) is 0 Å². The Morgan fingerprint density at radius 3 is 1.55 bits per heavy atom. The third-order valence-electron chi connectivity index (χ3n) is 15.0. The van der Waals surface area contributed by atoms with Gasteiger partial charge in [-0.2, -0.15) is 0 Å². The van der Waals surface area contributed by atoms with Crippen molar-refractivity contribution in [3.8, 4) is 11.1 Å². The van der Waals surface area contributed by atoms with Crippen molar-refractivity contribution in [1.82, 2.24) is 4.90 Å². The predicted octanol–water partition coefficient (Wildman–Crippen LogP) is 15.9. The highest BCUT2D eigenvalue weighted by atomic mass is 19.2. The summed E-state index contributed by atoms with van der Waals surface area (Å²) < 4.78 is 45.4. The molecule has 0 aromatic heterocycles. The Hall–Kier alpha value is -7.62. The SMILES string of the molecule is CCCCN1CCC2C(C1)c1cc(N(c3ccccc3)c3ccccc3)ccc1N2c1cc(-c2cc(F)c(F)c(F)c2)cc(N2c3ccc(N(c4ccccc4)c4ccccc4)cc3C3C=NCCC32)c1. The van der Waals surface area contributed by atoms with Crippen LogP contribution in [0.4, 0.5) is 70.0 Å². The molecule has 8 aromatic carbocycles. The van der Waals surface area contributed by atoms with E-state index in [9.17, 15) is 4.39 Å². The molecule has 71 heavy (non-hydrogen) atoms. The number of unbranched alkanes of at least 4 members (excludes halogenated alkanes) is 1. The first-order chi connectivity index (χ1) is 34.9. The van der Waals surface area contributed by atoms with Gasteiger partial charge < -0.3 is 24.5 Å². The first-order valence-corrected chi connectivity index (χ1v) is 25.1. The van der Waals surface area contributed by atoms with Gasteiger partial charge in [-0.15, -0.1) is 0 Å². The second-order valence-electron chi connectivity index (χ2n) is 19.3. The monoisotopic (exact) mass is 940 g/mol. The van der Waals surface area contributed by atoms with Crippen LogP contribution >= 0.6 is 0 Å². The number of likely N-dealkylation sites (tertiary alicyclic amines) is 1. The van der Waals surface area contributed by atoms with Gasteiger partial charge >= 0.3 is 0 Å². The molecule has 1 fully saturated rings. The summed E-state index contributed by atoms with van der Waals surface area (Å²) in [6, 6.07) is 64.2. The van der Waals surface area contributed by atoms with Crippen LogP contribution in [-0.2, 0) is 0 Å². The minimum atomic E-state index is -1.47. The first kappa shape index (κ1) is 44.6. The average Bonchev–Trinajstić information content (AvgIpc) is 3.92. The first-order valence-electron chi connectivity index (χ1n) is 25.1. The molecule has 4 atom stereocenters. The fourth-order valence-corrected chi connectivity index (χ4v) is 11.8. The van der Waals surface area contributed by atoms with Crippen molar-refractivity contribution in [3.05, 3.63) is 217 Å². The number of rotatable bonds is 12. The molecule has 8 aromatic rings. The largest absolute Gasteiger partial charge is 0.337 e. The zero-order chi connectivity index (χ0) is 48.0. The molecule has 0 saturated carbocycles. The van der Waals surface area contributed by atoms with Gasteiger partial charge in [0.25, 0.3) is 0 Å². The molecule has 0 aliphatic carbocycles. The highest BCUT2D eigenvalue weighted by Gasteiger charge is 2.45. The number of nitrogens with zero attached hydrogens (tertiary/aromatic N) is 6.